The van der Waals surface area contributed by atoms with Crippen LogP contribution in [0.15, 0.2) is 30.3 Å². The summed E-state index contributed by atoms with van der Waals surface area (Å²) in [5.74, 6) is -5.38. The Morgan fingerprint density at radius 2 is 1.52 bits per heavy atom. The Bertz CT molecular complexity index is 540. The highest BCUT2D eigenvalue weighted by Gasteiger charge is 2.56. The predicted molar refractivity (Wildman–Crippen MR) is 65.7 cm³/mol. The molecule has 9 heteroatoms. The fourth-order valence-corrected chi connectivity index (χ4v) is 2.48. The van der Waals surface area contributed by atoms with Gasteiger partial charge in [-0.2, -0.15) is 30.4 Å². The van der Waals surface area contributed by atoms with E-state index in [4.69, 9.17) is 0 Å². The Kier molecular flexibility index (Phi) is 5.54. The summed E-state index contributed by atoms with van der Waals surface area (Å²) < 4.78 is 88.5. The highest BCUT2D eigenvalue weighted by molar-refractivity contribution is 7.87. The third-order valence-electron chi connectivity index (χ3n) is 2.52. The summed E-state index contributed by atoms with van der Waals surface area (Å²) in [6.07, 6.45) is -7.99. The monoisotopic (exact) mass is 332 g/mol. The summed E-state index contributed by atoms with van der Waals surface area (Å²) >= 11 is 0. The lowest BCUT2D eigenvalue weighted by molar-refractivity contribution is -0.284. The summed E-state index contributed by atoms with van der Waals surface area (Å²) in [5, 5.41) is 0. The molecule has 120 valence electrons. The van der Waals surface area contributed by atoms with E-state index in [1.807, 2.05) is 0 Å². The molecule has 0 saturated carbocycles. The summed E-state index contributed by atoms with van der Waals surface area (Å²) in [6, 6.07) is 7.48. The smallest absolute Gasteiger partial charge is 0.382 e. The number of para-hydroxylation sites is 1. The van der Waals surface area contributed by atoms with Crippen molar-refractivity contribution in [2.75, 3.05) is 5.75 Å². The number of alkyl halides is 5. The minimum absolute atomic E-state index is 0.0538. The van der Waals surface area contributed by atoms with Crippen molar-refractivity contribution in [3.05, 3.63) is 30.3 Å². The Hall–Kier alpha value is -1.38. The fraction of sp³-hybridized carbons (Fsp3) is 0.500. The molecule has 0 amide bonds. The maximum Gasteiger partial charge on any atom is 0.453 e. The van der Waals surface area contributed by atoms with Crippen LogP contribution in [-0.4, -0.2) is 26.3 Å². The van der Waals surface area contributed by atoms with Gasteiger partial charge in [0.1, 0.15) is 5.75 Å². The van der Waals surface area contributed by atoms with Gasteiger partial charge in [0.05, 0.1) is 5.75 Å². The summed E-state index contributed by atoms with van der Waals surface area (Å²) in [7, 11) is -4.01. The molecule has 21 heavy (non-hydrogen) atoms. The highest BCUT2D eigenvalue weighted by Crippen LogP contribution is 2.39. The molecule has 0 heterocycles. The lowest BCUT2D eigenvalue weighted by atomic mass is 10.1. The zero-order valence-electron chi connectivity index (χ0n) is 10.7. The molecular weight excluding hydrogens is 319 g/mol. The number of hydrogen-bond acceptors (Lipinski definition) is 3. The zero-order chi connectivity index (χ0) is 16.1. The summed E-state index contributed by atoms with van der Waals surface area (Å²) in [4.78, 5) is 0. The minimum atomic E-state index is -5.62. The quantitative estimate of drug-likeness (QED) is 0.434. The van der Waals surface area contributed by atoms with Crippen LogP contribution in [0.5, 0.6) is 5.75 Å². The van der Waals surface area contributed by atoms with Crippen molar-refractivity contribution in [2.24, 2.45) is 0 Å². The van der Waals surface area contributed by atoms with Crippen molar-refractivity contribution < 1.29 is 34.6 Å². The molecule has 0 fully saturated rings. The SMILES string of the molecule is O=S(=O)(CCCCC(F)(F)C(F)(F)F)Oc1ccccc1. The molecule has 0 N–H and O–H groups in total. The van der Waals surface area contributed by atoms with Gasteiger partial charge in [0, 0.05) is 6.42 Å². The average molecular weight is 332 g/mol. The van der Waals surface area contributed by atoms with Crippen molar-refractivity contribution in [1.29, 1.82) is 0 Å². The van der Waals surface area contributed by atoms with Crippen LogP contribution in [0.2, 0.25) is 0 Å². The number of unbranched alkanes of at least 4 members (excludes halogenated alkanes) is 1. The maximum absolute atomic E-state index is 12.6. The number of halogens is 5. The number of benzene rings is 1. The van der Waals surface area contributed by atoms with Crippen molar-refractivity contribution >= 4 is 10.1 Å². The summed E-state index contributed by atoms with van der Waals surface area (Å²) in [5.41, 5.74) is 0. The van der Waals surface area contributed by atoms with Gasteiger partial charge in [0.25, 0.3) is 0 Å². The van der Waals surface area contributed by atoms with Gasteiger partial charge in [-0.25, -0.2) is 0 Å². The van der Waals surface area contributed by atoms with E-state index >= 15 is 0 Å². The van der Waals surface area contributed by atoms with Crippen LogP contribution in [-0.2, 0) is 10.1 Å². The zero-order valence-corrected chi connectivity index (χ0v) is 11.6. The number of rotatable bonds is 7. The Balaban J connectivity index is 2.42. The third-order valence-corrected chi connectivity index (χ3v) is 3.75. The first-order valence-electron chi connectivity index (χ1n) is 5.95. The first-order chi connectivity index (χ1) is 9.54. The van der Waals surface area contributed by atoms with E-state index in [0.29, 0.717) is 0 Å². The molecule has 0 unspecified atom stereocenters. The first kappa shape index (κ1) is 17.7. The summed E-state index contributed by atoms with van der Waals surface area (Å²) in [6.45, 7) is 0. The average Bonchev–Trinajstić information content (AvgIpc) is 2.34. The van der Waals surface area contributed by atoms with Gasteiger partial charge < -0.3 is 4.18 Å². The topological polar surface area (TPSA) is 43.4 Å². The van der Waals surface area contributed by atoms with Crippen LogP contribution in [0.25, 0.3) is 0 Å². The molecule has 0 aliphatic heterocycles. The fourth-order valence-electron chi connectivity index (χ4n) is 1.43. The van der Waals surface area contributed by atoms with Gasteiger partial charge in [-0.1, -0.05) is 18.2 Å². The molecule has 0 saturated heterocycles. The van der Waals surface area contributed by atoms with Crippen LogP contribution in [0, 0.1) is 0 Å². The maximum atomic E-state index is 12.6. The van der Waals surface area contributed by atoms with Crippen LogP contribution in [0.4, 0.5) is 22.0 Å². The van der Waals surface area contributed by atoms with Gasteiger partial charge in [0.2, 0.25) is 0 Å². The molecule has 0 bridgehead atoms. The molecule has 0 spiro atoms. The molecule has 3 nitrogen and oxygen atoms in total. The van der Waals surface area contributed by atoms with Gasteiger partial charge >= 0.3 is 22.2 Å². The van der Waals surface area contributed by atoms with Gasteiger partial charge in [0.15, 0.2) is 0 Å². The second kappa shape index (κ2) is 6.59. The van der Waals surface area contributed by atoms with E-state index in [1.165, 1.54) is 24.3 Å². The third kappa shape index (κ3) is 5.86. The van der Waals surface area contributed by atoms with E-state index in [9.17, 15) is 30.4 Å². The second-order valence-corrected chi connectivity index (χ2v) is 6.01. The van der Waals surface area contributed by atoms with Crippen LogP contribution in [0.3, 0.4) is 0 Å². The van der Waals surface area contributed by atoms with Gasteiger partial charge in [-0.15, -0.1) is 0 Å². The van der Waals surface area contributed by atoms with Crippen molar-refractivity contribution in [1.82, 2.24) is 0 Å². The van der Waals surface area contributed by atoms with E-state index in [2.05, 4.69) is 4.18 Å². The van der Waals surface area contributed by atoms with Crippen molar-refractivity contribution in [3.63, 3.8) is 0 Å². The molecular formula is C12H13F5O3S. The van der Waals surface area contributed by atoms with E-state index in [0.717, 1.165) is 0 Å². The first-order valence-corrected chi connectivity index (χ1v) is 7.53. The lowest BCUT2D eigenvalue weighted by Crippen LogP contribution is -2.36. The highest BCUT2D eigenvalue weighted by atomic mass is 32.2. The molecule has 1 aromatic carbocycles. The second-order valence-electron chi connectivity index (χ2n) is 4.32. The molecule has 1 rings (SSSR count). The largest absolute Gasteiger partial charge is 0.453 e. The lowest BCUT2D eigenvalue weighted by Gasteiger charge is -2.19. The van der Waals surface area contributed by atoms with Crippen LogP contribution in [0.1, 0.15) is 19.3 Å². The minimum Gasteiger partial charge on any atom is -0.382 e. The van der Waals surface area contributed by atoms with Crippen molar-refractivity contribution in [3.8, 4) is 5.75 Å². The van der Waals surface area contributed by atoms with E-state index in [-0.39, 0.29) is 12.2 Å². The van der Waals surface area contributed by atoms with E-state index < -0.39 is 40.8 Å². The molecule has 0 atom stereocenters. The molecule has 0 aliphatic rings. The Morgan fingerprint density at radius 3 is 2.05 bits per heavy atom. The van der Waals surface area contributed by atoms with Crippen molar-refractivity contribution in [2.45, 2.75) is 31.4 Å². The molecule has 0 aliphatic carbocycles. The standard InChI is InChI=1S/C12H13F5O3S/c13-11(14,12(15,16)17)8-4-5-9-21(18,19)20-10-6-2-1-3-7-10/h1-3,6-7H,4-5,8-9H2. The van der Waals surface area contributed by atoms with Gasteiger partial charge in [-0.05, 0) is 25.0 Å². The Labute approximate surface area is 118 Å². The number of hydrogen-bond donors (Lipinski definition) is 0. The van der Waals surface area contributed by atoms with E-state index in [1.54, 1.807) is 6.07 Å². The Morgan fingerprint density at radius 1 is 0.952 bits per heavy atom. The van der Waals surface area contributed by atoms with Crippen LogP contribution >= 0.6 is 0 Å². The predicted octanol–water partition coefficient (Wildman–Crippen LogP) is 3.76. The molecule has 0 aromatic heterocycles. The molecule has 0 radical (unpaired) electrons. The van der Waals surface area contributed by atoms with Crippen LogP contribution < -0.4 is 4.18 Å². The molecule has 1 aromatic rings. The normalized spacial score (nSPS) is 13.2. The van der Waals surface area contributed by atoms with Gasteiger partial charge in [-0.3, -0.25) is 0 Å².